The minimum Gasteiger partial charge on any atom is -0.496 e. The van der Waals surface area contributed by atoms with Gasteiger partial charge in [0.2, 0.25) is 5.91 Å². The summed E-state index contributed by atoms with van der Waals surface area (Å²) in [6, 6.07) is 8.74. The second-order valence-electron chi connectivity index (χ2n) is 9.51. The zero-order valence-corrected chi connectivity index (χ0v) is 23.7. The Morgan fingerprint density at radius 1 is 0.897 bits per heavy atom. The first-order valence-electron chi connectivity index (χ1n) is 13.9. The highest BCUT2D eigenvalue weighted by atomic mass is 16.5. The molecular weight excluding hydrogens is 496 g/mol. The van der Waals surface area contributed by atoms with Crippen LogP contribution in [-0.4, -0.2) is 52.4 Å². The minimum absolute atomic E-state index is 0.282. The molecule has 0 saturated heterocycles. The van der Waals surface area contributed by atoms with Crippen molar-refractivity contribution in [1.29, 1.82) is 0 Å². The van der Waals surface area contributed by atoms with E-state index >= 15 is 0 Å². The molecule has 3 aromatic rings. The maximum absolute atomic E-state index is 13.6. The van der Waals surface area contributed by atoms with Gasteiger partial charge in [0.15, 0.2) is 5.82 Å². The molecule has 0 fully saturated rings. The van der Waals surface area contributed by atoms with E-state index < -0.39 is 5.92 Å². The molecule has 2 aromatic heterocycles. The standard InChI is InChI=1S/C29H42N6O4/c1-5-6-7-8-9-10-11-12-13-16-19-35-33-28(32-34-35)26(23-17-14-15-18-30-23)29(36)31-27-24(38-3)20-22(37-2)21-25(27)39-4/h14-15,17-18,20-21,26H,5-13,16,19H2,1-4H3,(H,31,36). The van der Waals surface area contributed by atoms with Crippen LogP contribution in [0, 0.1) is 0 Å². The molecule has 0 radical (unpaired) electrons. The van der Waals surface area contributed by atoms with Gasteiger partial charge in [0, 0.05) is 18.3 Å². The quantitative estimate of drug-likeness (QED) is 0.203. The van der Waals surface area contributed by atoms with Gasteiger partial charge in [-0.15, -0.1) is 10.2 Å². The van der Waals surface area contributed by atoms with Crippen LogP contribution in [0.1, 0.15) is 88.6 Å². The van der Waals surface area contributed by atoms with Crippen molar-refractivity contribution in [1.82, 2.24) is 25.2 Å². The van der Waals surface area contributed by atoms with Gasteiger partial charge in [0.1, 0.15) is 28.9 Å². The molecule has 0 saturated carbocycles. The van der Waals surface area contributed by atoms with Crippen molar-refractivity contribution in [3.8, 4) is 17.2 Å². The highest BCUT2D eigenvalue weighted by molar-refractivity contribution is 5.99. The van der Waals surface area contributed by atoms with Crippen LogP contribution in [0.3, 0.4) is 0 Å². The fraction of sp³-hybridized carbons (Fsp3) is 0.552. The number of aromatic nitrogens is 5. The zero-order valence-electron chi connectivity index (χ0n) is 23.7. The number of tetrazole rings is 1. The maximum atomic E-state index is 13.6. The Hall–Kier alpha value is -3.69. The van der Waals surface area contributed by atoms with Crippen LogP contribution >= 0.6 is 0 Å². The van der Waals surface area contributed by atoms with E-state index in [0.717, 1.165) is 12.8 Å². The van der Waals surface area contributed by atoms with Crippen LogP contribution in [0.4, 0.5) is 5.69 Å². The molecule has 3 rings (SSSR count). The molecule has 1 amide bonds. The third-order valence-corrected chi connectivity index (χ3v) is 6.65. The molecule has 0 spiro atoms. The largest absolute Gasteiger partial charge is 0.496 e. The van der Waals surface area contributed by atoms with Gasteiger partial charge in [-0.25, -0.2) is 0 Å². The molecule has 1 N–H and O–H groups in total. The van der Waals surface area contributed by atoms with Gasteiger partial charge in [-0.2, -0.15) is 4.80 Å². The molecule has 39 heavy (non-hydrogen) atoms. The number of hydrogen-bond acceptors (Lipinski definition) is 8. The number of carbonyl (C=O) groups excluding carboxylic acids is 1. The number of unbranched alkanes of at least 4 members (excludes halogenated alkanes) is 9. The van der Waals surface area contributed by atoms with E-state index in [1.807, 2.05) is 6.07 Å². The van der Waals surface area contributed by atoms with Gasteiger partial charge in [-0.05, 0) is 23.8 Å². The number of aryl methyl sites for hydroxylation is 1. The lowest BCUT2D eigenvalue weighted by Gasteiger charge is -2.18. The lowest BCUT2D eigenvalue weighted by atomic mass is 10.0. The number of pyridine rings is 1. The van der Waals surface area contributed by atoms with Gasteiger partial charge in [0.25, 0.3) is 0 Å². The minimum atomic E-state index is -0.871. The first-order chi connectivity index (χ1) is 19.1. The van der Waals surface area contributed by atoms with Crippen molar-refractivity contribution in [2.75, 3.05) is 26.6 Å². The predicted octanol–water partition coefficient (Wildman–Crippen LogP) is 5.79. The maximum Gasteiger partial charge on any atom is 0.241 e. The summed E-state index contributed by atoms with van der Waals surface area (Å²) >= 11 is 0. The molecule has 1 unspecified atom stereocenters. The van der Waals surface area contributed by atoms with Crippen LogP contribution in [0.2, 0.25) is 0 Å². The number of amides is 1. The first kappa shape index (κ1) is 29.9. The summed E-state index contributed by atoms with van der Waals surface area (Å²) in [5.74, 6) is 0.371. The van der Waals surface area contributed by atoms with Crippen LogP contribution in [0.15, 0.2) is 36.5 Å². The van der Waals surface area contributed by atoms with Crippen molar-refractivity contribution in [2.45, 2.75) is 83.6 Å². The summed E-state index contributed by atoms with van der Waals surface area (Å²) < 4.78 is 16.3. The lowest BCUT2D eigenvalue weighted by molar-refractivity contribution is -0.117. The van der Waals surface area contributed by atoms with Crippen molar-refractivity contribution in [3.63, 3.8) is 0 Å². The SMILES string of the molecule is CCCCCCCCCCCCn1nnc(C(C(=O)Nc2c(OC)cc(OC)cc2OC)c2ccccn2)n1. The fourth-order valence-electron chi connectivity index (χ4n) is 4.46. The summed E-state index contributed by atoms with van der Waals surface area (Å²) in [5.41, 5.74) is 0.893. The van der Waals surface area contributed by atoms with E-state index in [0.29, 0.717) is 35.2 Å². The highest BCUT2D eigenvalue weighted by Crippen LogP contribution is 2.39. The van der Waals surface area contributed by atoms with Crippen LogP contribution < -0.4 is 19.5 Å². The van der Waals surface area contributed by atoms with Gasteiger partial charge in [-0.3, -0.25) is 9.78 Å². The van der Waals surface area contributed by atoms with Gasteiger partial charge < -0.3 is 19.5 Å². The van der Waals surface area contributed by atoms with E-state index in [9.17, 15) is 4.79 Å². The van der Waals surface area contributed by atoms with Crippen molar-refractivity contribution >= 4 is 11.6 Å². The average Bonchev–Trinajstić information content (AvgIpc) is 3.42. The lowest BCUT2D eigenvalue weighted by Crippen LogP contribution is -2.25. The number of anilines is 1. The molecule has 10 nitrogen and oxygen atoms in total. The molecule has 1 atom stereocenters. The zero-order chi connectivity index (χ0) is 27.9. The Bertz CT molecular complexity index is 1110. The highest BCUT2D eigenvalue weighted by Gasteiger charge is 2.30. The Morgan fingerprint density at radius 3 is 2.10 bits per heavy atom. The van der Waals surface area contributed by atoms with Gasteiger partial charge in [0.05, 0.1) is 33.6 Å². The van der Waals surface area contributed by atoms with Crippen LogP contribution in [0.5, 0.6) is 17.2 Å². The van der Waals surface area contributed by atoms with Gasteiger partial charge in [-0.1, -0.05) is 70.8 Å². The Balaban J connectivity index is 1.65. The smallest absolute Gasteiger partial charge is 0.241 e. The molecular formula is C29H42N6O4. The Kier molecular flexibility index (Phi) is 12.5. The molecule has 0 bridgehead atoms. The molecule has 2 heterocycles. The number of ether oxygens (including phenoxy) is 3. The topological polar surface area (TPSA) is 113 Å². The number of benzene rings is 1. The average molecular weight is 539 g/mol. The van der Waals surface area contributed by atoms with E-state index in [1.165, 1.54) is 65.6 Å². The predicted molar refractivity (Wildman–Crippen MR) is 150 cm³/mol. The number of nitrogens with zero attached hydrogens (tertiary/aromatic N) is 5. The van der Waals surface area contributed by atoms with E-state index in [1.54, 1.807) is 42.4 Å². The van der Waals surface area contributed by atoms with Crippen LogP contribution in [0.25, 0.3) is 0 Å². The van der Waals surface area contributed by atoms with E-state index in [2.05, 4.69) is 32.6 Å². The Labute approximate surface area is 231 Å². The fourth-order valence-corrected chi connectivity index (χ4v) is 4.46. The summed E-state index contributed by atoms with van der Waals surface area (Å²) in [4.78, 5) is 19.6. The van der Waals surface area contributed by atoms with Crippen molar-refractivity contribution in [2.24, 2.45) is 0 Å². The van der Waals surface area contributed by atoms with Crippen molar-refractivity contribution < 1.29 is 19.0 Å². The second kappa shape index (κ2) is 16.3. The number of carbonyl (C=O) groups is 1. The van der Waals surface area contributed by atoms with E-state index in [-0.39, 0.29) is 11.7 Å². The third-order valence-electron chi connectivity index (χ3n) is 6.65. The number of nitrogens with one attached hydrogen (secondary N) is 1. The molecule has 0 aliphatic rings. The summed E-state index contributed by atoms with van der Waals surface area (Å²) in [5, 5.41) is 15.9. The van der Waals surface area contributed by atoms with Crippen LogP contribution in [-0.2, 0) is 11.3 Å². The monoisotopic (exact) mass is 538 g/mol. The Morgan fingerprint density at radius 2 is 1.54 bits per heavy atom. The molecule has 212 valence electrons. The number of rotatable bonds is 18. The van der Waals surface area contributed by atoms with Gasteiger partial charge >= 0.3 is 0 Å². The number of hydrogen-bond donors (Lipinski definition) is 1. The summed E-state index contributed by atoms with van der Waals surface area (Å²) in [6.07, 6.45) is 14.2. The third kappa shape index (κ3) is 8.94. The molecule has 1 aromatic carbocycles. The molecule has 0 aliphatic heterocycles. The first-order valence-corrected chi connectivity index (χ1v) is 13.9. The number of methoxy groups -OCH3 is 3. The molecule has 0 aliphatic carbocycles. The summed E-state index contributed by atoms with van der Waals surface area (Å²) in [6.45, 7) is 2.90. The normalized spacial score (nSPS) is 11.7. The van der Waals surface area contributed by atoms with E-state index in [4.69, 9.17) is 14.2 Å². The second-order valence-corrected chi connectivity index (χ2v) is 9.51. The molecule has 10 heteroatoms. The van der Waals surface area contributed by atoms with Crippen molar-refractivity contribution in [3.05, 3.63) is 48.0 Å². The summed E-state index contributed by atoms with van der Waals surface area (Å²) in [7, 11) is 4.58.